The second-order valence-electron chi connectivity index (χ2n) is 6.24. The van der Waals surface area contributed by atoms with Gasteiger partial charge in [-0.3, -0.25) is 9.59 Å². The summed E-state index contributed by atoms with van der Waals surface area (Å²) < 4.78 is 0. The van der Waals surface area contributed by atoms with Crippen LogP contribution in [0.3, 0.4) is 0 Å². The molecule has 5 heteroatoms. The Morgan fingerprint density at radius 3 is 2.29 bits per heavy atom. The van der Waals surface area contributed by atoms with E-state index in [2.05, 4.69) is 10.6 Å². The Bertz CT molecular complexity index is 767. The Balaban J connectivity index is 1.69. The highest BCUT2D eigenvalue weighted by molar-refractivity contribution is 6.05. The van der Waals surface area contributed by atoms with Crippen molar-refractivity contribution in [3.63, 3.8) is 0 Å². The zero-order valence-corrected chi connectivity index (χ0v) is 13.9. The highest BCUT2D eigenvalue weighted by atomic mass is 16.2. The number of hydrogen-bond donors (Lipinski definition) is 2. The van der Waals surface area contributed by atoms with Gasteiger partial charge in [0, 0.05) is 42.6 Å². The van der Waals surface area contributed by atoms with Crippen molar-refractivity contribution >= 4 is 28.9 Å². The highest BCUT2D eigenvalue weighted by Crippen LogP contribution is 2.30. The number of nitrogens with one attached hydrogen (secondary N) is 2. The molecule has 2 aromatic carbocycles. The summed E-state index contributed by atoms with van der Waals surface area (Å²) in [4.78, 5) is 26.2. The van der Waals surface area contributed by atoms with E-state index in [0.717, 1.165) is 18.5 Å². The number of rotatable bonds is 5. The lowest BCUT2D eigenvalue weighted by Gasteiger charge is -2.14. The first-order chi connectivity index (χ1) is 11.5. The van der Waals surface area contributed by atoms with Gasteiger partial charge in [0.05, 0.1) is 0 Å². The molecule has 1 saturated carbocycles. The van der Waals surface area contributed by atoms with Gasteiger partial charge in [0.25, 0.3) is 5.91 Å². The molecule has 0 bridgehead atoms. The summed E-state index contributed by atoms with van der Waals surface area (Å²) in [5.41, 5.74) is 2.91. The maximum Gasteiger partial charge on any atom is 0.255 e. The predicted molar refractivity (Wildman–Crippen MR) is 96.5 cm³/mol. The molecule has 0 unspecified atom stereocenters. The fraction of sp³-hybridized carbons (Fsp3) is 0.263. The molecular formula is C19H21N3O2. The molecule has 0 heterocycles. The van der Waals surface area contributed by atoms with Crippen LogP contribution < -0.4 is 15.5 Å². The van der Waals surface area contributed by atoms with Gasteiger partial charge in [-0.25, -0.2) is 0 Å². The lowest BCUT2D eigenvalue weighted by atomic mass is 10.1. The molecule has 1 fully saturated rings. The fourth-order valence-corrected chi connectivity index (χ4v) is 2.39. The second-order valence-corrected chi connectivity index (χ2v) is 6.24. The van der Waals surface area contributed by atoms with Crippen LogP contribution in [0.4, 0.5) is 17.1 Å². The van der Waals surface area contributed by atoms with Crippen molar-refractivity contribution < 1.29 is 9.59 Å². The third-order valence-corrected chi connectivity index (χ3v) is 3.96. The van der Waals surface area contributed by atoms with Gasteiger partial charge in [0.1, 0.15) is 0 Å². The average Bonchev–Trinajstić information content (AvgIpc) is 3.40. The molecule has 2 aromatic rings. The number of nitrogens with zero attached hydrogens (tertiary/aromatic N) is 1. The summed E-state index contributed by atoms with van der Waals surface area (Å²) in [7, 11) is 3.87. The SMILES string of the molecule is CN(C)c1cccc(C(=O)Nc2cccc(NC(=O)C3CC3)c2)c1. The number of carbonyl (C=O) groups excluding carboxylic acids is 2. The van der Waals surface area contributed by atoms with Gasteiger partial charge < -0.3 is 15.5 Å². The quantitative estimate of drug-likeness (QED) is 0.887. The summed E-state index contributed by atoms with van der Waals surface area (Å²) in [5, 5.41) is 5.76. The van der Waals surface area contributed by atoms with Crippen LogP contribution in [0.5, 0.6) is 0 Å². The van der Waals surface area contributed by atoms with Crippen LogP contribution in [-0.2, 0) is 4.79 Å². The Morgan fingerprint density at radius 1 is 0.958 bits per heavy atom. The lowest BCUT2D eigenvalue weighted by molar-refractivity contribution is -0.117. The van der Waals surface area contributed by atoms with Crippen LogP contribution in [0.15, 0.2) is 48.5 Å². The van der Waals surface area contributed by atoms with Crippen LogP contribution in [-0.4, -0.2) is 25.9 Å². The maximum atomic E-state index is 12.4. The standard InChI is InChI=1S/C19H21N3O2/c1-22(2)17-8-3-5-14(11-17)19(24)21-16-7-4-6-15(12-16)20-18(23)13-9-10-13/h3-8,11-13H,9-10H2,1-2H3,(H,20,23)(H,21,24). The van der Waals surface area contributed by atoms with E-state index in [1.165, 1.54) is 0 Å². The largest absolute Gasteiger partial charge is 0.378 e. The molecule has 0 spiro atoms. The Labute approximate surface area is 141 Å². The zero-order valence-electron chi connectivity index (χ0n) is 13.9. The first-order valence-corrected chi connectivity index (χ1v) is 8.02. The minimum atomic E-state index is -0.177. The van der Waals surface area contributed by atoms with Crippen molar-refractivity contribution in [1.82, 2.24) is 0 Å². The van der Waals surface area contributed by atoms with Gasteiger partial charge in [-0.15, -0.1) is 0 Å². The lowest BCUT2D eigenvalue weighted by Crippen LogP contribution is -2.15. The van der Waals surface area contributed by atoms with E-state index in [1.807, 2.05) is 49.3 Å². The van der Waals surface area contributed by atoms with Gasteiger partial charge >= 0.3 is 0 Å². The smallest absolute Gasteiger partial charge is 0.255 e. The molecule has 2 amide bonds. The molecular weight excluding hydrogens is 302 g/mol. The van der Waals surface area contributed by atoms with E-state index >= 15 is 0 Å². The molecule has 0 aromatic heterocycles. The molecule has 1 aliphatic rings. The average molecular weight is 323 g/mol. The van der Waals surface area contributed by atoms with Gasteiger partial charge in [-0.05, 0) is 49.2 Å². The molecule has 0 aliphatic heterocycles. The molecule has 5 nitrogen and oxygen atoms in total. The van der Waals surface area contributed by atoms with E-state index in [4.69, 9.17) is 0 Å². The number of anilines is 3. The minimum Gasteiger partial charge on any atom is -0.378 e. The van der Waals surface area contributed by atoms with Crippen molar-refractivity contribution in [3.05, 3.63) is 54.1 Å². The summed E-state index contributed by atoms with van der Waals surface area (Å²) in [5.74, 6) is 0.0264. The van der Waals surface area contributed by atoms with Crippen LogP contribution in [0, 0.1) is 5.92 Å². The van der Waals surface area contributed by atoms with Crippen LogP contribution >= 0.6 is 0 Å². The maximum absolute atomic E-state index is 12.4. The Kier molecular flexibility index (Phi) is 4.51. The van der Waals surface area contributed by atoms with Crippen LogP contribution in [0.25, 0.3) is 0 Å². The first kappa shape index (κ1) is 16.1. The summed E-state index contributed by atoms with van der Waals surface area (Å²) in [6.45, 7) is 0. The molecule has 124 valence electrons. The van der Waals surface area contributed by atoms with Crippen LogP contribution in [0.1, 0.15) is 23.2 Å². The number of carbonyl (C=O) groups is 2. The van der Waals surface area contributed by atoms with Crippen LogP contribution in [0.2, 0.25) is 0 Å². The van der Waals surface area contributed by atoms with E-state index < -0.39 is 0 Å². The summed E-state index contributed by atoms with van der Waals surface area (Å²) in [6.07, 6.45) is 1.93. The second kappa shape index (κ2) is 6.74. The molecule has 3 rings (SSSR count). The summed E-state index contributed by atoms with van der Waals surface area (Å²) >= 11 is 0. The molecule has 0 saturated heterocycles. The van der Waals surface area contributed by atoms with Gasteiger partial charge in [0.2, 0.25) is 5.91 Å². The molecule has 2 N–H and O–H groups in total. The first-order valence-electron chi connectivity index (χ1n) is 8.02. The summed E-state index contributed by atoms with van der Waals surface area (Å²) in [6, 6.07) is 14.6. The van der Waals surface area contributed by atoms with Gasteiger partial charge in [-0.2, -0.15) is 0 Å². The van der Waals surface area contributed by atoms with E-state index in [-0.39, 0.29) is 17.7 Å². The number of amides is 2. The monoisotopic (exact) mass is 323 g/mol. The molecule has 24 heavy (non-hydrogen) atoms. The topological polar surface area (TPSA) is 61.4 Å². The van der Waals surface area contributed by atoms with Crippen molar-refractivity contribution in [2.75, 3.05) is 29.6 Å². The minimum absolute atomic E-state index is 0.0529. The van der Waals surface area contributed by atoms with Crippen molar-refractivity contribution in [2.45, 2.75) is 12.8 Å². The Morgan fingerprint density at radius 2 is 1.62 bits per heavy atom. The van der Waals surface area contributed by atoms with E-state index in [0.29, 0.717) is 16.9 Å². The third kappa shape index (κ3) is 3.93. The molecule has 0 atom stereocenters. The van der Waals surface area contributed by atoms with Crippen molar-refractivity contribution in [3.8, 4) is 0 Å². The third-order valence-electron chi connectivity index (χ3n) is 3.96. The van der Waals surface area contributed by atoms with Crippen molar-refractivity contribution in [2.24, 2.45) is 5.92 Å². The van der Waals surface area contributed by atoms with Gasteiger partial charge in [-0.1, -0.05) is 12.1 Å². The van der Waals surface area contributed by atoms with Gasteiger partial charge in [0.15, 0.2) is 0 Å². The predicted octanol–water partition coefficient (Wildman–Crippen LogP) is 3.35. The van der Waals surface area contributed by atoms with E-state index in [9.17, 15) is 9.59 Å². The zero-order chi connectivity index (χ0) is 17.1. The molecule has 0 radical (unpaired) electrons. The number of hydrogen-bond acceptors (Lipinski definition) is 3. The molecule has 1 aliphatic carbocycles. The highest BCUT2D eigenvalue weighted by Gasteiger charge is 2.29. The number of benzene rings is 2. The Hall–Kier alpha value is -2.82. The van der Waals surface area contributed by atoms with E-state index in [1.54, 1.807) is 18.2 Å². The van der Waals surface area contributed by atoms with Crippen molar-refractivity contribution in [1.29, 1.82) is 0 Å². The normalized spacial score (nSPS) is 13.2. The fourth-order valence-electron chi connectivity index (χ4n) is 2.39.